The zero-order chi connectivity index (χ0) is 13.1. The minimum Gasteiger partial charge on any atom is -0.481 e. The standard InChI is InChI=1S/C12H20N2O3S/c1-8-10(2-3-13-8)12(17)14-4-5-18-7-9(14)6-11(15)16/h8-10,13H,2-7H2,1H3,(H,15,16). The summed E-state index contributed by atoms with van der Waals surface area (Å²) in [6.07, 6.45) is 0.927. The van der Waals surface area contributed by atoms with Crippen molar-refractivity contribution < 1.29 is 14.7 Å². The number of carbonyl (C=O) groups is 2. The fourth-order valence-electron chi connectivity index (χ4n) is 2.72. The van der Waals surface area contributed by atoms with Gasteiger partial charge in [0.15, 0.2) is 0 Å². The predicted molar refractivity (Wildman–Crippen MR) is 70.7 cm³/mol. The first-order valence-corrected chi connectivity index (χ1v) is 7.58. The lowest BCUT2D eigenvalue weighted by Gasteiger charge is -2.36. The van der Waals surface area contributed by atoms with Crippen LogP contribution in [0.1, 0.15) is 19.8 Å². The number of aliphatic carboxylic acids is 1. The Morgan fingerprint density at radius 2 is 2.28 bits per heavy atom. The normalized spacial score (nSPS) is 32.5. The molecule has 0 aromatic carbocycles. The lowest BCUT2D eigenvalue weighted by molar-refractivity contribution is -0.142. The van der Waals surface area contributed by atoms with Crippen LogP contribution in [-0.4, -0.2) is 58.6 Å². The molecule has 102 valence electrons. The fourth-order valence-corrected chi connectivity index (χ4v) is 3.79. The number of rotatable bonds is 3. The van der Waals surface area contributed by atoms with E-state index >= 15 is 0 Å². The molecule has 2 rings (SSSR count). The van der Waals surface area contributed by atoms with Gasteiger partial charge in [-0.3, -0.25) is 9.59 Å². The van der Waals surface area contributed by atoms with E-state index in [0.29, 0.717) is 6.54 Å². The Labute approximate surface area is 111 Å². The zero-order valence-corrected chi connectivity index (χ0v) is 11.4. The Bertz CT molecular complexity index is 337. The van der Waals surface area contributed by atoms with Crippen molar-refractivity contribution >= 4 is 23.6 Å². The summed E-state index contributed by atoms with van der Waals surface area (Å²) in [5.41, 5.74) is 0. The number of thioether (sulfide) groups is 1. The zero-order valence-electron chi connectivity index (χ0n) is 10.6. The Balaban J connectivity index is 2.03. The van der Waals surface area contributed by atoms with Gasteiger partial charge < -0.3 is 15.3 Å². The van der Waals surface area contributed by atoms with E-state index in [4.69, 9.17) is 5.11 Å². The van der Waals surface area contributed by atoms with Crippen LogP contribution in [0, 0.1) is 5.92 Å². The smallest absolute Gasteiger partial charge is 0.305 e. The third-order valence-corrected chi connectivity index (χ3v) is 4.85. The summed E-state index contributed by atoms with van der Waals surface area (Å²) in [4.78, 5) is 25.2. The molecule has 2 N–H and O–H groups in total. The van der Waals surface area contributed by atoms with Crippen molar-refractivity contribution in [2.24, 2.45) is 5.92 Å². The molecule has 2 fully saturated rings. The number of carboxylic acid groups (broad SMARTS) is 1. The van der Waals surface area contributed by atoms with Crippen LogP contribution < -0.4 is 5.32 Å². The molecule has 0 bridgehead atoms. The molecule has 0 aromatic heterocycles. The molecule has 0 radical (unpaired) electrons. The van der Waals surface area contributed by atoms with Crippen molar-refractivity contribution in [3.63, 3.8) is 0 Å². The van der Waals surface area contributed by atoms with Crippen molar-refractivity contribution in [3.05, 3.63) is 0 Å². The van der Waals surface area contributed by atoms with Crippen molar-refractivity contribution in [2.45, 2.75) is 31.8 Å². The van der Waals surface area contributed by atoms with Crippen LogP contribution in [0.2, 0.25) is 0 Å². The van der Waals surface area contributed by atoms with Gasteiger partial charge in [-0.2, -0.15) is 11.8 Å². The van der Waals surface area contributed by atoms with Crippen molar-refractivity contribution in [1.29, 1.82) is 0 Å². The van der Waals surface area contributed by atoms with Crippen LogP contribution in [0.25, 0.3) is 0 Å². The van der Waals surface area contributed by atoms with E-state index in [2.05, 4.69) is 5.32 Å². The van der Waals surface area contributed by atoms with Gasteiger partial charge in [-0.05, 0) is 19.9 Å². The second-order valence-electron chi connectivity index (χ2n) is 5.00. The minimum atomic E-state index is -0.821. The van der Waals surface area contributed by atoms with Gasteiger partial charge in [0.1, 0.15) is 0 Å². The van der Waals surface area contributed by atoms with E-state index in [9.17, 15) is 9.59 Å². The molecule has 0 saturated carbocycles. The molecule has 2 saturated heterocycles. The van der Waals surface area contributed by atoms with Crippen LogP contribution in [0.4, 0.5) is 0 Å². The number of nitrogens with one attached hydrogen (secondary N) is 1. The topological polar surface area (TPSA) is 69.6 Å². The number of carbonyl (C=O) groups excluding carboxylic acids is 1. The second kappa shape index (κ2) is 5.93. The second-order valence-corrected chi connectivity index (χ2v) is 6.15. The highest BCUT2D eigenvalue weighted by atomic mass is 32.2. The Hall–Kier alpha value is -0.750. The van der Waals surface area contributed by atoms with E-state index in [1.165, 1.54) is 0 Å². The first-order chi connectivity index (χ1) is 8.59. The molecule has 1 amide bonds. The summed E-state index contributed by atoms with van der Waals surface area (Å²) in [7, 11) is 0. The quantitative estimate of drug-likeness (QED) is 0.778. The molecule has 5 nitrogen and oxygen atoms in total. The summed E-state index contributed by atoms with van der Waals surface area (Å²) in [5.74, 6) is 0.990. The SMILES string of the molecule is CC1NCCC1C(=O)N1CCSCC1CC(=O)O. The molecule has 6 heteroatoms. The van der Waals surface area contributed by atoms with Crippen molar-refractivity contribution in [2.75, 3.05) is 24.6 Å². The molecular weight excluding hydrogens is 252 g/mol. The predicted octanol–water partition coefficient (Wildman–Crippen LogP) is 0.403. The molecule has 0 spiro atoms. The average molecular weight is 272 g/mol. The summed E-state index contributed by atoms with van der Waals surface area (Å²) < 4.78 is 0. The lowest BCUT2D eigenvalue weighted by Crippen LogP contribution is -2.50. The average Bonchev–Trinajstić information content (AvgIpc) is 2.74. The summed E-state index contributed by atoms with van der Waals surface area (Å²) in [6.45, 7) is 3.59. The highest BCUT2D eigenvalue weighted by Crippen LogP contribution is 2.25. The monoisotopic (exact) mass is 272 g/mol. The van der Waals surface area contributed by atoms with Gasteiger partial charge >= 0.3 is 5.97 Å². The van der Waals surface area contributed by atoms with Gasteiger partial charge in [0.2, 0.25) is 5.91 Å². The molecule has 2 aliphatic rings. The summed E-state index contributed by atoms with van der Waals surface area (Å²) in [6, 6.07) is 0.0686. The van der Waals surface area contributed by atoms with Gasteiger partial charge in [-0.25, -0.2) is 0 Å². The molecule has 0 aliphatic carbocycles. The summed E-state index contributed by atoms with van der Waals surface area (Å²) >= 11 is 1.74. The van der Waals surface area contributed by atoms with Crippen molar-refractivity contribution in [3.8, 4) is 0 Å². The molecule has 2 heterocycles. The number of nitrogens with zero attached hydrogens (tertiary/aromatic N) is 1. The van der Waals surface area contributed by atoms with E-state index in [0.717, 1.165) is 24.5 Å². The highest BCUT2D eigenvalue weighted by molar-refractivity contribution is 7.99. The maximum atomic E-state index is 12.5. The van der Waals surface area contributed by atoms with Crippen LogP contribution in [0.15, 0.2) is 0 Å². The van der Waals surface area contributed by atoms with E-state index < -0.39 is 5.97 Å². The van der Waals surface area contributed by atoms with E-state index in [1.54, 1.807) is 16.7 Å². The van der Waals surface area contributed by atoms with Gasteiger partial charge in [0, 0.05) is 24.1 Å². The van der Waals surface area contributed by atoms with Gasteiger partial charge in [0.05, 0.1) is 18.4 Å². The minimum absolute atomic E-state index is 0.0180. The van der Waals surface area contributed by atoms with Crippen LogP contribution in [0.5, 0.6) is 0 Å². The summed E-state index contributed by atoms with van der Waals surface area (Å²) in [5, 5.41) is 12.2. The number of hydrogen-bond donors (Lipinski definition) is 2. The van der Waals surface area contributed by atoms with Crippen LogP contribution in [-0.2, 0) is 9.59 Å². The molecule has 3 unspecified atom stereocenters. The number of carboxylic acids is 1. The third kappa shape index (κ3) is 2.98. The molecule has 3 atom stereocenters. The van der Waals surface area contributed by atoms with Crippen LogP contribution >= 0.6 is 11.8 Å². The van der Waals surface area contributed by atoms with Gasteiger partial charge in [0.25, 0.3) is 0 Å². The highest BCUT2D eigenvalue weighted by Gasteiger charge is 2.37. The molecular formula is C12H20N2O3S. The maximum Gasteiger partial charge on any atom is 0.305 e. The molecule has 18 heavy (non-hydrogen) atoms. The largest absolute Gasteiger partial charge is 0.481 e. The van der Waals surface area contributed by atoms with E-state index in [1.807, 2.05) is 6.92 Å². The van der Waals surface area contributed by atoms with Gasteiger partial charge in [-0.1, -0.05) is 0 Å². The van der Waals surface area contributed by atoms with Gasteiger partial charge in [-0.15, -0.1) is 0 Å². The first-order valence-electron chi connectivity index (χ1n) is 6.43. The molecule has 2 aliphatic heterocycles. The Kier molecular flexibility index (Phi) is 4.50. The fraction of sp³-hybridized carbons (Fsp3) is 0.833. The Morgan fingerprint density at radius 3 is 2.89 bits per heavy atom. The third-order valence-electron chi connectivity index (χ3n) is 3.76. The number of amides is 1. The first kappa shape index (κ1) is 13.7. The van der Waals surface area contributed by atoms with Crippen molar-refractivity contribution in [1.82, 2.24) is 10.2 Å². The Morgan fingerprint density at radius 1 is 1.50 bits per heavy atom. The van der Waals surface area contributed by atoms with E-state index in [-0.39, 0.29) is 30.3 Å². The molecule has 0 aromatic rings. The maximum absolute atomic E-state index is 12.5. The number of hydrogen-bond acceptors (Lipinski definition) is 4. The lowest BCUT2D eigenvalue weighted by atomic mass is 9.99. The van der Waals surface area contributed by atoms with Crippen LogP contribution in [0.3, 0.4) is 0 Å².